The summed E-state index contributed by atoms with van der Waals surface area (Å²) in [7, 11) is 5.51. The third-order valence-electron chi connectivity index (χ3n) is 8.80. The van der Waals surface area contributed by atoms with Gasteiger partial charge in [0.05, 0.1) is 20.3 Å². The first-order chi connectivity index (χ1) is 20.4. The fourth-order valence-corrected chi connectivity index (χ4v) is 6.55. The Balaban J connectivity index is 1.77. The molecule has 2 bridgehead atoms. The Morgan fingerprint density at radius 1 is 0.884 bits per heavy atom. The maximum atomic E-state index is 14.4. The molecule has 12 nitrogen and oxygen atoms in total. The van der Waals surface area contributed by atoms with Crippen LogP contribution in [0.4, 0.5) is 0 Å². The molecular formula is C31H32N2O10. The van der Waals surface area contributed by atoms with Gasteiger partial charge in [0.25, 0.3) is 0 Å². The molecule has 2 aliphatic carbocycles. The summed E-state index contributed by atoms with van der Waals surface area (Å²) in [6, 6.07) is -3.33. The topological polar surface area (TPSA) is 146 Å². The van der Waals surface area contributed by atoms with Crippen molar-refractivity contribution in [1.29, 1.82) is 0 Å². The number of esters is 1. The molecule has 0 radical (unpaired) electrons. The highest BCUT2D eigenvalue weighted by Gasteiger charge is 2.60. The fourth-order valence-electron chi connectivity index (χ4n) is 6.55. The van der Waals surface area contributed by atoms with Crippen LogP contribution in [0.5, 0.6) is 0 Å². The molecule has 0 unspecified atom stereocenters. The number of nitrogens with zero attached hydrogens (tertiary/aromatic N) is 2. The van der Waals surface area contributed by atoms with Gasteiger partial charge in [-0.3, -0.25) is 28.9 Å². The van der Waals surface area contributed by atoms with Gasteiger partial charge in [-0.25, -0.2) is 4.79 Å². The lowest BCUT2D eigenvalue weighted by Crippen LogP contribution is -2.70. The number of allylic oxidation sites excluding steroid dienone is 7. The number of likely N-dealkylation sites (N-methyl/N-ethyl adjacent to an activating group) is 1. The molecule has 4 atom stereocenters. The lowest BCUT2D eigenvalue weighted by Gasteiger charge is -2.55. The molecule has 1 amide bonds. The van der Waals surface area contributed by atoms with Crippen molar-refractivity contribution in [2.45, 2.75) is 51.9 Å². The van der Waals surface area contributed by atoms with E-state index in [1.165, 1.54) is 46.2 Å². The Kier molecular flexibility index (Phi) is 7.47. The molecule has 5 aliphatic rings. The van der Waals surface area contributed by atoms with Crippen molar-refractivity contribution >= 4 is 35.0 Å². The van der Waals surface area contributed by atoms with Gasteiger partial charge in [0.15, 0.2) is 23.1 Å². The second-order valence-corrected chi connectivity index (χ2v) is 10.8. The molecule has 0 saturated carbocycles. The first-order valence-electron chi connectivity index (χ1n) is 13.6. The van der Waals surface area contributed by atoms with Crippen LogP contribution in [0.2, 0.25) is 0 Å². The van der Waals surface area contributed by atoms with Crippen LogP contribution < -0.4 is 0 Å². The van der Waals surface area contributed by atoms with Gasteiger partial charge >= 0.3 is 5.97 Å². The van der Waals surface area contributed by atoms with Gasteiger partial charge in [0.1, 0.15) is 24.8 Å². The highest BCUT2D eigenvalue weighted by atomic mass is 16.5. The number of Topliss-reactive ketones (excluding diaryl/α,β-unsaturated/α-hetero) is 4. The van der Waals surface area contributed by atoms with E-state index in [1.807, 2.05) is 0 Å². The molecule has 0 spiro atoms. The van der Waals surface area contributed by atoms with Gasteiger partial charge in [-0.1, -0.05) is 6.08 Å². The van der Waals surface area contributed by atoms with Gasteiger partial charge in [0, 0.05) is 51.8 Å². The smallest absolute Gasteiger partial charge is 0.333 e. The van der Waals surface area contributed by atoms with Crippen LogP contribution in [0.3, 0.4) is 0 Å². The average molecular weight is 593 g/mol. The van der Waals surface area contributed by atoms with Crippen molar-refractivity contribution in [3.63, 3.8) is 0 Å². The van der Waals surface area contributed by atoms with E-state index in [0.29, 0.717) is 5.57 Å². The summed E-state index contributed by atoms with van der Waals surface area (Å²) in [5.74, 6) is -3.74. The molecule has 0 N–H and O–H groups in total. The third kappa shape index (κ3) is 4.04. The average Bonchev–Trinajstić information content (AvgIpc) is 2.99. The Bertz CT molecular complexity index is 1620. The standard InChI is InChI=1S/C31H32N2O10/c1-9-12(2)31(39)43-11-17-18-15(23(34)13(3)27(40-6)25(18)36)10-16-21-19-20(24(35)14(4)28(41-7)26(19)37)29(42-8)22(32(21)5)30(38)33(16)17/h9-10,17,21-22,29H,11H2,1-8H3/b12-9-/t17-,21+,22+,29+/m0/s1. The summed E-state index contributed by atoms with van der Waals surface area (Å²) in [6.45, 7) is 5.68. The van der Waals surface area contributed by atoms with E-state index in [0.717, 1.165) is 0 Å². The maximum absolute atomic E-state index is 14.4. The number of hydrogen-bond acceptors (Lipinski definition) is 11. The van der Waals surface area contributed by atoms with E-state index < -0.39 is 65.8 Å². The Morgan fingerprint density at radius 2 is 1.47 bits per heavy atom. The molecule has 43 heavy (non-hydrogen) atoms. The summed E-state index contributed by atoms with van der Waals surface area (Å²) in [6.07, 6.45) is 1.82. The quantitative estimate of drug-likeness (QED) is 0.248. The van der Waals surface area contributed by atoms with Gasteiger partial charge in [-0.05, 0) is 40.8 Å². The number of fused-ring (bicyclic) bond motifs is 5. The van der Waals surface area contributed by atoms with Gasteiger partial charge < -0.3 is 23.8 Å². The third-order valence-corrected chi connectivity index (χ3v) is 8.80. The molecule has 3 heterocycles. The first-order valence-corrected chi connectivity index (χ1v) is 13.6. The number of carbonyl (C=O) groups is 6. The zero-order chi connectivity index (χ0) is 31.7. The van der Waals surface area contributed by atoms with Crippen LogP contribution in [0.1, 0.15) is 27.7 Å². The lowest BCUT2D eigenvalue weighted by atomic mass is 9.71. The van der Waals surface area contributed by atoms with E-state index in [4.69, 9.17) is 18.9 Å². The normalized spacial score (nSPS) is 27.8. The maximum Gasteiger partial charge on any atom is 0.333 e. The van der Waals surface area contributed by atoms with Gasteiger partial charge in [-0.15, -0.1) is 0 Å². The van der Waals surface area contributed by atoms with Crippen LogP contribution in [0.25, 0.3) is 0 Å². The van der Waals surface area contributed by atoms with Crippen molar-refractivity contribution in [3.8, 4) is 0 Å². The Morgan fingerprint density at radius 3 is 2.02 bits per heavy atom. The molecule has 226 valence electrons. The molecule has 1 fully saturated rings. The SMILES string of the molecule is C/C=C(/C)C(=O)OC[C@H]1C2=C(C=C3[C@@H]4C5=C(C(=O)C(C)=C(OC)C5=O)[C@@H](OC)[C@H](C(=O)N31)N4C)C(=O)C(C)=C(OC)C2=O. The first kappa shape index (κ1) is 30.1. The summed E-state index contributed by atoms with van der Waals surface area (Å²) < 4.78 is 21.9. The monoisotopic (exact) mass is 592 g/mol. The van der Waals surface area contributed by atoms with E-state index >= 15 is 0 Å². The van der Waals surface area contributed by atoms with Crippen LogP contribution in [0, 0.1) is 0 Å². The second kappa shape index (κ2) is 10.7. The summed E-state index contributed by atoms with van der Waals surface area (Å²) in [4.78, 5) is 85.0. The minimum atomic E-state index is -1.24. The van der Waals surface area contributed by atoms with Crippen molar-refractivity contribution < 1.29 is 47.7 Å². The van der Waals surface area contributed by atoms with E-state index in [9.17, 15) is 28.8 Å². The van der Waals surface area contributed by atoms with Crippen molar-refractivity contribution in [3.05, 3.63) is 68.4 Å². The number of amides is 1. The zero-order valence-corrected chi connectivity index (χ0v) is 25.1. The molecule has 0 aromatic rings. The number of rotatable bonds is 6. The van der Waals surface area contributed by atoms with Crippen LogP contribution >= 0.6 is 0 Å². The molecular weight excluding hydrogens is 560 g/mol. The highest BCUT2D eigenvalue weighted by Crippen LogP contribution is 2.48. The Hall–Kier alpha value is -4.42. The molecule has 5 rings (SSSR count). The number of carbonyl (C=O) groups excluding carboxylic acids is 6. The fraction of sp³-hybridized carbons (Fsp3) is 0.419. The van der Waals surface area contributed by atoms with Crippen LogP contribution in [-0.2, 0) is 47.7 Å². The second-order valence-electron chi connectivity index (χ2n) is 10.8. The van der Waals surface area contributed by atoms with E-state index in [-0.39, 0.29) is 50.7 Å². The molecule has 1 saturated heterocycles. The van der Waals surface area contributed by atoms with Crippen molar-refractivity contribution in [1.82, 2.24) is 9.80 Å². The van der Waals surface area contributed by atoms with Gasteiger partial charge in [-0.2, -0.15) is 0 Å². The van der Waals surface area contributed by atoms with Crippen LogP contribution in [-0.4, -0.2) is 104 Å². The minimum absolute atomic E-state index is 0.0118. The number of ketones is 4. The van der Waals surface area contributed by atoms with E-state index in [2.05, 4.69) is 0 Å². The molecule has 3 aliphatic heterocycles. The van der Waals surface area contributed by atoms with E-state index in [1.54, 1.807) is 31.9 Å². The summed E-state index contributed by atoms with van der Waals surface area (Å²) >= 11 is 0. The number of methoxy groups -OCH3 is 3. The Labute approximate surface area is 247 Å². The number of hydrogen-bond donors (Lipinski definition) is 0. The highest BCUT2D eigenvalue weighted by molar-refractivity contribution is 6.28. The molecule has 0 aromatic heterocycles. The minimum Gasteiger partial charge on any atom is -0.492 e. The zero-order valence-electron chi connectivity index (χ0n) is 25.1. The molecule has 0 aromatic carbocycles. The van der Waals surface area contributed by atoms with Crippen molar-refractivity contribution in [2.24, 2.45) is 0 Å². The summed E-state index contributed by atoms with van der Waals surface area (Å²) in [5.41, 5.74) is 0.651. The van der Waals surface area contributed by atoms with Gasteiger partial charge in [0.2, 0.25) is 17.5 Å². The number of ether oxygens (including phenoxy) is 4. The molecule has 12 heteroatoms. The predicted octanol–water partition coefficient (Wildman–Crippen LogP) is 1.04. The number of piperazine rings is 1. The van der Waals surface area contributed by atoms with Crippen molar-refractivity contribution in [2.75, 3.05) is 35.0 Å². The lowest BCUT2D eigenvalue weighted by molar-refractivity contribution is -0.153. The van der Waals surface area contributed by atoms with Crippen LogP contribution in [0.15, 0.2) is 68.4 Å². The summed E-state index contributed by atoms with van der Waals surface area (Å²) in [5, 5.41) is 0. The largest absolute Gasteiger partial charge is 0.492 e. The predicted molar refractivity (Wildman–Crippen MR) is 149 cm³/mol.